The van der Waals surface area contributed by atoms with E-state index < -0.39 is 0 Å². The molecule has 0 aromatic heterocycles. The molecule has 1 aromatic carbocycles. The summed E-state index contributed by atoms with van der Waals surface area (Å²) < 4.78 is 0. The Bertz CT molecular complexity index is 471. The van der Waals surface area contributed by atoms with Crippen LogP contribution < -0.4 is 16.0 Å². The largest absolute Gasteiger partial charge is 0.355 e. The lowest BCUT2D eigenvalue weighted by Crippen LogP contribution is -2.35. The van der Waals surface area contributed by atoms with Crippen molar-refractivity contribution in [1.82, 2.24) is 16.0 Å². The van der Waals surface area contributed by atoms with Crippen LogP contribution in [-0.4, -0.2) is 31.4 Å². The Labute approximate surface area is 132 Å². The smallest absolute Gasteiger partial charge is 0.222 e. The van der Waals surface area contributed by atoms with Crippen molar-refractivity contribution in [3.05, 3.63) is 35.4 Å². The SMILES string of the molecule is CCCNCCNC(=O)CC(NC(C)=O)c1ccc(C)cc1. The molecular formula is C17H27N3O2. The van der Waals surface area contributed by atoms with Gasteiger partial charge in [0.05, 0.1) is 12.5 Å². The van der Waals surface area contributed by atoms with Gasteiger partial charge in [0.2, 0.25) is 11.8 Å². The topological polar surface area (TPSA) is 70.2 Å². The zero-order chi connectivity index (χ0) is 16.4. The molecule has 0 radical (unpaired) electrons. The molecule has 2 amide bonds. The number of nitrogens with one attached hydrogen (secondary N) is 3. The molecule has 0 aliphatic rings. The van der Waals surface area contributed by atoms with E-state index >= 15 is 0 Å². The monoisotopic (exact) mass is 305 g/mol. The highest BCUT2D eigenvalue weighted by Gasteiger charge is 2.16. The van der Waals surface area contributed by atoms with Gasteiger partial charge in [0.1, 0.15) is 0 Å². The molecule has 0 bridgehead atoms. The number of hydrogen-bond acceptors (Lipinski definition) is 3. The predicted molar refractivity (Wildman–Crippen MR) is 88.5 cm³/mol. The van der Waals surface area contributed by atoms with Gasteiger partial charge in [-0.15, -0.1) is 0 Å². The summed E-state index contributed by atoms with van der Waals surface area (Å²) in [6.45, 7) is 7.88. The quantitative estimate of drug-likeness (QED) is 0.608. The molecule has 122 valence electrons. The van der Waals surface area contributed by atoms with E-state index in [2.05, 4.69) is 22.9 Å². The van der Waals surface area contributed by atoms with E-state index in [1.807, 2.05) is 31.2 Å². The first-order chi connectivity index (χ1) is 10.5. The minimum Gasteiger partial charge on any atom is -0.355 e. The third-order valence-corrected chi connectivity index (χ3v) is 3.30. The molecule has 1 unspecified atom stereocenters. The van der Waals surface area contributed by atoms with Gasteiger partial charge in [-0.3, -0.25) is 9.59 Å². The molecule has 3 N–H and O–H groups in total. The fraction of sp³-hybridized carbons (Fsp3) is 0.529. The van der Waals surface area contributed by atoms with E-state index in [4.69, 9.17) is 0 Å². The van der Waals surface area contributed by atoms with Crippen molar-refractivity contribution < 1.29 is 9.59 Å². The first kappa shape index (κ1) is 18.2. The molecule has 1 rings (SSSR count). The van der Waals surface area contributed by atoms with Crippen molar-refractivity contribution in [3.8, 4) is 0 Å². The van der Waals surface area contributed by atoms with Gasteiger partial charge in [-0.05, 0) is 25.5 Å². The third-order valence-electron chi connectivity index (χ3n) is 3.30. The van der Waals surface area contributed by atoms with Crippen molar-refractivity contribution in [2.75, 3.05) is 19.6 Å². The lowest BCUT2D eigenvalue weighted by atomic mass is 10.0. The summed E-state index contributed by atoms with van der Waals surface area (Å²) in [6, 6.07) is 7.58. The van der Waals surface area contributed by atoms with E-state index in [0.717, 1.165) is 30.6 Å². The Balaban J connectivity index is 2.52. The van der Waals surface area contributed by atoms with Crippen LogP contribution in [-0.2, 0) is 9.59 Å². The third kappa shape index (κ3) is 7.22. The molecule has 0 aliphatic heterocycles. The van der Waals surface area contributed by atoms with Crippen LogP contribution in [0.25, 0.3) is 0 Å². The fourth-order valence-electron chi connectivity index (χ4n) is 2.15. The standard InChI is InChI=1S/C17H27N3O2/c1-4-9-18-10-11-19-17(22)12-16(20-14(3)21)15-7-5-13(2)6-8-15/h5-8,16,18H,4,9-12H2,1-3H3,(H,19,22)(H,20,21). The van der Waals surface area contributed by atoms with Crippen molar-refractivity contribution >= 4 is 11.8 Å². The normalized spacial score (nSPS) is 11.8. The van der Waals surface area contributed by atoms with Crippen LogP contribution in [0.2, 0.25) is 0 Å². The maximum atomic E-state index is 12.0. The van der Waals surface area contributed by atoms with Gasteiger partial charge >= 0.3 is 0 Å². The van der Waals surface area contributed by atoms with E-state index in [1.165, 1.54) is 6.92 Å². The summed E-state index contributed by atoms with van der Waals surface area (Å²) >= 11 is 0. The number of carbonyl (C=O) groups excluding carboxylic acids is 2. The number of aryl methyl sites for hydroxylation is 1. The Morgan fingerprint density at radius 2 is 1.77 bits per heavy atom. The molecule has 0 aliphatic carbocycles. The van der Waals surface area contributed by atoms with Crippen LogP contribution >= 0.6 is 0 Å². The highest BCUT2D eigenvalue weighted by molar-refractivity contribution is 5.79. The van der Waals surface area contributed by atoms with E-state index in [1.54, 1.807) is 0 Å². The molecule has 1 atom stereocenters. The zero-order valence-corrected chi connectivity index (χ0v) is 13.7. The maximum Gasteiger partial charge on any atom is 0.222 e. The predicted octanol–water partition coefficient (Wildman–Crippen LogP) is 1.68. The van der Waals surface area contributed by atoms with Crippen molar-refractivity contribution in [3.63, 3.8) is 0 Å². The number of benzene rings is 1. The molecule has 0 saturated carbocycles. The molecule has 5 heteroatoms. The van der Waals surface area contributed by atoms with Crippen LogP contribution in [0.3, 0.4) is 0 Å². The van der Waals surface area contributed by atoms with Gasteiger partial charge in [0, 0.05) is 20.0 Å². The van der Waals surface area contributed by atoms with Crippen LogP contribution in [0.4, 0.5) is 0 Å². The second-order valence-electron chi connectivity index (χ2n) is 5.47. The Kier molecular flexibility index (Phi) is 8.22. The van der Waals surface area contributed by atoms with Gasteiger partial charge < -0.3 is 16.0 Å². The minimum atomic E-state index is -0.290. The highest BCUT2D eigenvalue weighted by atomic mass is 16.2. The van der Waals surface area contributed by atoms with Gasteiger partial charge in [0.15, 0.2) is 0 Å². The molecule has 0 saturated heterocycles. The molecular weight excluding hydrogens is 278 g/mol. The second-order valence-corrected chi connectivity index (χ2v) is 5.47. The number of hydrogen-bond donors (Lipinski definition) is 3. The Hall–Kier alpha value is -1.88. The average Bonchev–Trinajstić information content (AvgIpc) is 2.46. The highest BCUT2D eigenvalue weighted by Crippen LogP contribution is 2.17. The summed E-state index contributed by atoms with van der Waals surface area (Å²) in [7, 11) is 0. The molecule has 0 spiro atoms. The lowest BCUT2D eigenvalue weighted by Gasteiger charge is -2.18. The van der Waals surface area contributed by atoms with E-state index in [9.17, 15) is 9.59 Å². The van der Waals surface area contributed by atoms with Crippen molar-refractivity contribution in [2.45, 2.75) is 39.7 Å². The first-order valence-corrected chi connectivity index (χ1v) is 7.84. The average molecular weight is 305 g/mol. The number of carbonyl (C=O) groups is 2. The van der Waals surface area contributed by atoms with Crippen LogP contribution in [0.15, 0.2) is 24.3 Å². The van der Waals surface area contributed by atoms with Crippen molar-refractivity contribution in [2.24, 2.45) is 0 Å². The van der Waals surface area contributed by atoms with Gasteiger partial charge in [-0.25, -0.2) is 0 Å². The summed E-state index contributed by atoms with van der Waals surface area (Å²) in [5.74, 6) is -0.194. The molecule has 0 heterocycles. The van der Waals surface area contributed by atoms with Crippen molar-refractivity contribution in [1.29, 1.82) is 0 Å². The number of amides is 2. The summed E-state index contributed by atoms with van der Waals surface area (Å²) in [4.78, 5) is 23.4. The van der Waals surface area contributed by atoms with E-state index in [0.29, 0.717) is 6.54 Å². The second kappa shape index (κ2) is 9.95. The minimum absolute atomic E-state index is 0.0578. The number of rotatable bonds is 9. The Morgan fingerprint density at radius 3 is 2.36 bits per heavy atom. The summed E-state index contributed by atoms with van der Waals surface area (Å²) in [5, 5.41) is 8.94. The maximum absolute atomic E-state index is 12.0. The van der Waals surface area contributed by atoms with Gasteiger partial charge in [0.25, 0.3) is 0 Å². The van der Waals surface area contributed by atoms with Gasteiger partial charge in [-0.2, -0.15) is 0 Å². The van der Waals surface area contributed by atoms with Crippen LogP contribution in [0.5, 0.6) is 0 Å². The van der Waals surface area contributed by atoms with Crippen LogP contribution in [0.1, 0.15) is 43.9 Å². The molecule has 0 fully saturated rings. The van der Waals surface area contributed by atoms with Gasteiger partial charge in [-0.1, -0.05) is 36.8 Å². The molecule has 5 nitrogen and oxygen atoms in total. The first-order valence-electron chi connectivity index (χ1n) is 7.84. The zero-order valence-electron chi connectivity index (χ0n) is 13.7. The fourth-order valence-corrected chi connectivity index (χ4v) is 2.15. The summed E-state index contributed by atoms with van der Waals surface area (Å²) in [5.41, 5.74) is 2.09. The molecule has 1 aromatic rings. The Morgan fingerprint density at radius 1 is 1.09 bits per heavy atom. The summed E-state index contributed by atoms with van der Waals surface area (Å²) in [6.07, 6.45) is 1.32. The molecule has 22 heavy (non-hydrogen) atoms. The van der Waals surface area contributed by atoms with E-state index in [-0.39, 0.29) is 24.3 Å². The van der Waals surface area contributed by atoms with Crippen LogP contribution in [0, 0.1) is 6.92 Å². The lowest BCUT2D eigenvalue weighted by molar-refractivity contribution is -0.122.